The second-order valence-corrected chi connectivity index (χ2v) is 3.82. The van der Waals surface area contributed by atoms with Gasteiger partial charge in [0, 0.05) is 6.54 Å². The fourth-order valence-corrected chi connectivity index (χ4v) is 2.47. The first kappa shape index (κ1) is 12.2. The van der Waals surface area contributed by atoms with Crippen molar-refractivity contribution in [3.63, 3.8) is 0 Å². The number of aliphatic hydroxyl groups is 4. The molecule has 0 aromatic heterocycles. The standard InChI is InChI=1S/C8H15NO4.ClH/c10-3-4-7(12)8(13)6-5(11)1-2-9(4)6;/h4-8,10-13H,1-3H2;1H/t4-,5-,6-,7+,8+;/m1./s1. The van der Waals surface area contributed by atoms with Crippen LogP contribution in [-0.4, -0.2) is 68.9 Å². The van der Waals surface area contributed by atoms with E-state index >= 15 is 0 Å². The van der Waals surface area contributed by atoms with Gasteiger partial charge in [0.05, 0.1) is 37.0 Å². The smallest absolute Gasteiger partial charge is 0.0995 e. The van der Waals surface area contributed by atoms with Gasteiger partial charge in [0.15, 0.2) is 0 Å². The van der Waals surface area contributed by atoms with Crippen molar-refractivity contribution in [2.24, 2.45) is 0 Å². The van der Waals surface area contributed by atoms with Crippen LogP contribution in [0.2, 0.25) is 0 Å². The van der Waals surface area contributed by atoms with Crippen molar-refractivity contribution in [1.29, 1.82) is 0 Å². The highest BCUT2D eigenvalue weighted by molar-refractivity contribution is 5.85. The number of halogens is 1. The zero-order chi connectivity index (χ0) is 9.59. The maximum atomic E-state index is 9.58. The molecule has 5 atom stereocenters. The summed E-state index contributed by atoms with van der Waals surface area (Å²) in [5, 5.41) is 37.6. The van der Waals surface area contributed by atoms with Gasteiger partial charge in [-0.2, -0.15) is 0 Å². The lowest BCUT2D eigenvalue weighted by Crippen LogP contribution is -2.39. The zero-order valence-corrected chi connectivity index (χ0v) is 8.47. The van der Waals surface area contributed by atoms with E-state index in [1.54, 1.807) is 4.90 Å². The van der Waals surface area contributed by atoms with Gasteiger partial charge >= 0.3 is 0 Å². The Hall–Kier alpha value is 0.0900. The molecule has 4 N–H and O–H groups in total. The minimum absolute atomic E-state index is 0. The Morgan fingerprint density at radius 3 is 2.36 bits per heavy atom. The van der Waals surface area contributed by atoms with Crippen LogP contribution in [-0.2, 0) is 0 Å². The molecule has 2 fully saturated rings. The van der Waals surface area contributed by atoms with Crippen LogP contribution in [0.15, 0.2) is 0 Å². The summed E-state index contributed by atoms with van der Waals surface area (Å²) in [6.45, 7) is 0.451. The van der Waals surface area contributed by atoms with E-state index in [0.717, 1.165) is 0 Å². The molecule has 0 spiro atoms. The maximum Gasteiger partial charge on any atom is 0.0995 e. The van der Waals surface area contributed by atoms with Gasteiger partial charge in [0.25, 0.3) is 0 Å². The van der Waals surface area contributed by atoms with Gasteiger partial charge in [-0.3, -0.25) is 4.90 Å². The van der Waals surface area contributed by atoms with E-state index < -0.39 is 30.4 Å². The van der Waals surface area contributed by atoms with Gasteiger partial charge in [-0.15, -0.1) is 12.4 Å². The second-order valence-electron chi connectivity index (χ2n) is 3.82. The lowest BCUT2D eigenvalue weighted by Gasteiger charge is -2.22. The van der Waals surface area contributed by atoms with Gasteiger partial charge < -0.3 is 20.4 Å². The van der Waals surface area contributed by atoms with Gasteiger partial charge in [0.2, 0.25) is 0 Å². The number of hydrogen-bond donors (Lipinski definition) is 4. The molecule has 84 valence electrons. The van der Waals surface area contributed by atoms with E-state index in [9.17, 15) is 15.3 Å². The normalized spacial score (nSPS) is 47.6. The molecule has 5 nitrogen and oxygen atoms in total. The Labute approximate surface area is 88.4 Å². The van der Waals surface area contributed by atoms with Crippen molar-refractivity contribution in [1.82, 2.24) is 4.90 Å². The van der Waals surface area contributed by atoms with Crippen molar-refractivity contribution in [3.8, 4) is 0 Å². The molecule has 2 aliphatic rings. The third kappa shape index (κ3) is 1.54. The van der Waals surface area contributed by atoms with Crippen LogP contribution in [0.4, 0.5) is 0 Å². The largest absolute Gasteiger partial charge is 0.395 e. The van der Waals surface area contributed by atoms with E-state index in [2.05, 4.69) is 0 Å². The third-order valence-electron chi connectivity index (χ3n) is 3.17. The quantitative estimate of drug-likeness (QED) is 0.413. The van der Waals surface area contributed by atoms with E-state index in [1.807, 2.05) is 0 Å². The molecule has 0 unspecified atom stereocenters. The van der Waals surface area contributed by atoms with Crippen LogP contribution < -0.4 is 0 Å². The second kappa shape index (κ2) is 4.30. The van der Waals surface area contributed by atoms with Crippen LogP contribution in [0.3, 0.4) is 0 Å². The minimum atomic E-state index is -0.940. The number of nitrogens with zero attached hydrogens (tertiary/aromatic N) is 1. The lowest BCUT2D eigenvalue weighted by atomic mass is 10.0. The van der Waals surface area contributed by atoms with Gasteiger partial charge in [-0.1, -0.05) is 0 Å². The Balaban J connectivity index is 0.000000980. The molecule has 2 aliphatic heterocycles. The number of hydrogen-bond acceptors (Lipinski definition) is 5. The molecule has 0 bridgehead atoms. The van der Waals surface area contributed by atoms with Crippen LogP contribution in [0.25, 0.3) is 0 Å². The van der Waals surface area contributed by atoms with Gasteiger partial charge in [-0.25, -0.2) is 0 Å². The first-order valence-corrected chi connectivity index (χ1v) is 4.57. The summed E-state index contributed by atoms with van der Waals surface area (Å²) in [5.41, 5.74) is 0. The van der Waals surface area contributed by atoms with Crippen molar-refractivity contribution >= 4 is 12.4 Å². The van der Waals surface area contributed by atoms with Crippen LogP contribution in [0.1, 0.15) is 6.42 Å². The molecular formula is C8H16ClNO4. The van der Waals surface area contributed by atoms with Crippen LogP contribution in [0, 0.1) is 0 Å². The van der Waals surface area contributed by atoms with Gasteiger partial charge in [-0.05, 0) is 6.42 Å². The fraction of sp³-hybridized carbons (Fsp3) is 1.00. The highest BCUT2D eigenvalue weighted by Crippen LogP contribution is 2.33. The van der Waals surface area contributed by atoms with E-state index in [-0.39, 0.29) is 19.0 Å². The summed E-state index contributed by atoms with van der Waals surface area (Å²) in [7, 11) is 0. The summed E-state index contributed by atoms with van der Waals surface area (Å²) >= 11 is 0. The van der Waals surface area contributed by atoms with Crippen LogP contribution in [0.5, 0.6) is 0 Å². The van der Waals surface area contributed by atoms with Gasteiger partial charge in [0.1, 0.15) is 0 Å². The molecule has 14 heavy (non-hydrogen) atoms. The summed E-state index contributed by atoms with van der Waals surface area (Å²) in [6.07, 6.45) is -1.86. The molecule has 0 aliphatic carbocycles. The lowest BCUT2D eigenvalue weighted by molar-refractivity contribution is -0.000895. The average molecular weight is 226 g/mol. The number of rotatable bonds is 1. The van der Waals surface area contributed by atoms with E-state index in [4.69, 9.17) is 5.11 Å². The van der Waals surface area contributed by atoms with E-state index in [0.29, 0.717) is 13.0 Å². The van der Waals surface area contributed by atoms with Crippen molar-refractivity contribution < 1.29 is 20.4 Å². The minimum Gasteiger partial charge on any atom is -0.395 e. The van der Waals surface area contributed by atoms with Crippen molar-refractivity contribution in [3.05, 3.63) is 0 Å². The Morgan fingerprint density at radius 2 is 1.79 bits per heavy atom. The molecule has 2 rings (SSSR count). The van der Waals surface area contributed by atoms with Crippen molar-refractivity contribution in [2.75, 3.05) is 13.2 Å². The third-order valence-corrected chi connectivity index (χ3v) is 3.17. The predicted octanol–water partition coefficient (Wildman–Crippen LogP) is -2.06. The average Bonchev–Trinajstić information content (AvgIpc) is 2.57. The fourth-order valence-electron chi connectivity index (χ4n) is 2.47. The summed E-state index contributed by atoms with van der Waals surface area (Å²) in [5.74, 6) is 0. The molecule has 0 amide bonds. The highest BCUT2D eigenvalue weighted by Gasteiger charge is 2.52. The first-order chi connectivity index (χ1) is 6.16. The molecule has 0 aromatic carbocycles. The van der Waals surface area contributed by atoms with E-state index in [1.165, 1.54) is 0 Å². The highest BCUT2D eigenvalue weighted by atomic mass is 35.5. The zero-order valence-electron chi connectivity index (χ0n) is 7.65. The monoisotopic (exact) mass is 225 g/mol. The topological polar surface area (TPSA) is 84.2 Å². The first-order valence-electron chi connectivity index (χ1n) is 4.57. The predicted molar refractivity (Wildman–Crippen MR) is 51.3 cm³/mol. The molecule has 0 radical (unpaired) electrons. The molecule has 0 saturated carbocycles. The number of aliphatic hydroxyl groups excluding tert-OH is 4. The number of fused-ring (bicyclic) bond motifs is 1. The molecule has 6 heteroatoms. The summed E-state index contributed by atoms with van der Waals surface area (Å²) in [4.78, 5) is 1.79. The van der Waals surface area contributed by atoms with Crippen molar-refractivity contribution in [2.45, 2.75) is 36.8 Å². The molecular weight excluding hydrogens is 210 g/mol. The molecule has 2 heterocycles. The Morgan fingerprint density at radius 1 is 1.14 bits per heavy atom. The Kier molecular flexibility index (Phi) is 3.74. The Bertz CT molecular complexity index is 206. The SMILES string of the molecule is Cl.OC[C@@H]1[C@H](O)[C@@H](O)[C@H]2[C@H](O)CCN21. The summed E-state index contributed by atoms with van der Waals surface area (Å²) in [6, 6.07) is -0.815. The molecule has 0 aromatic rings. The maximum absolute atomic E-state index is 9.58. The summed E-state index contributed by atoms with van der Waals surface area (Å²) < 4.78 is 0. The van der Waals surface area contributed by atoms with Crippen LogP contribution >= 0.6 is 12.4 Å². The molecule has 2 saturated heterocycles.